The zero-order chi connectivity index (χ0) is 21.6. The van der Waals surface area contributed by atoms with Gasteiger partial charge in [0.05, 0.1) is 18.6 Å². The van der Waals surface area contributed by atoms with E-state index in [0.717, 1.165) is 30.9 Å². The van der Waals surface area contributed by atoms with Gasteiger partial charge in [-0.2, -0.15) is 4.72 Å². The molecule has 0 atom stereocenters. The summed E-state index contributed by atoms with van der Waals surface area (Å²) >= 11 is 0. The van der Waals surface area contributed by atoms with E-state index >= 15 is 0 Å². The molecule has 0 spiro atoms. The van der Waals surface area contributed by atoms with Gasteiger partial charge < -0.3 is 14.5 Å². The van der Waals surface area contributed by atoms with Crippen LogP contribution in [0.2, 0.25) is 0 Å². The minimum Gasteiger partial charge on any atom is -0.497 e. The number of methoxy groups -OCH3 is 1. The van der Waals surface area contributed by atoms with Gasteiger partial charge in [0.25, 0.3) is 5.91 Å². The fraction of sp³-hybridized carbons (Fsp3) is 0.318. The molecular weight excluding hydrogens is 402 g/mol. The third-order valence-electron chi connectivity index (χ3n) is 5.00. The summed E-state index contributed by atoms with van der Waals surface area (Å²) in [6.45, 7) is 2.74. The molecule has 0 bridgehead atoms. The van der Waals surface area contributed by atoms with Crippen LogP contribution in [0.25, 0.3) is 0 Å². The lowest BCUT2D eigenvalue weighted by molar-refractivity contribution is 0.0767. The van der Waals surface area contributed by atoms with Crippen LogP contribution in [0.1, 0.15) is 16.8 Å². The number of terminal acetylenes is 1. The molecule has 30 heavy (non-hydrogen) atoms. The van der Waals surface area contributed by atoms with E-state index in [9.17, 15) is 13.2 Å². The normalized spacial score (nSPS) is 14.7. The molecule has 3 rings (SSSR count). The van der Waals surface area contributed by atoms with Crippen LogP contribution in [0.3, 0.4) is 0 Å². The number of carbonyl (C=O) groups is 1. The molecule has 8 heteroatoms. The monoisotopic (exact) mass is 427 g/mol. The highest BCUT2D eigenvalue weighted by Gasteiger charge is 2.21. The van der Waals surface area contributed by atoms with Crippen molar-refractivity contribution >= 4 is 21.6 Å². The van der Waals surface area contributed by atoms with Crippen LogP contribution in [0, 0.1) is 12.3 Å². The van der Waals surface area contributed by atoms with E-state index in [0.29, 0.717) is 18.7 Å². The predicted molar refractivity (Wildman–Crippen MR) is 116 cm³/mol. The number of amides is 1. The smallest absolute Gasteiger partial charge is 0.253 e. The highest BCUT2D eigenvalue weighted by atomic mass is 32.2. The van der Waals surface area contributed by atoms with Crippen LogP contribution in [0.15, 0.2) is 53.4 Å². The van der Waals surface area contributed by atoms with Gasteiger partial charge in [0.2, 0.25) is 10.0 Å². The summed E-state index contributed by atoms with van der Waals surface area (Å²) < 4.78 is 31.7. The van der Waals surface area contributed by atoms with E-state index in [-0.39, 0.29) is 17.3 Å². The number of anilines is 1. The molecule has 1 amide bonds. The standard InChI is InChI=1S/C22H25N3O4S/c1-3-13-23-30(27,28)21-11-5-18(6-12-21)22(26)25-15-4-14-24(16-17-25)19-7-9-20(29-2)10-8-19/h1,5-12,23H,4,13-17H2,2H3. The van der Waals surface area contributed by atoms with E-state index in [1.54, 1.807) is 19.2 Å². The largest absolute Gasteiger partial charge is 0.497 e. The van der Waals surface area contributed by atoms with Gasteiger partial charge in [0.1, 0.15) is 5.75 Å². The summed E-state index contributed by atoms with van der Waals surface area (Å²) in [7, 11) is -2.03. The Morgan fingerprint density at radius 1 is 1.07 bits per heavy atom. The van der Waals surface area contributed by atoms with Crippen LogP contribution >= 0.6 is 0 Å². The van der Waals surface area contributed by atoms with Gasteiger partial charge in [-0.15, -0.1) is 6.42 Å². The first-order valence-corrected chi connectivity index (χ1v) is 11.1. The Balaban J connectivity index is 1.65. The molecule has 0 saturated carbocycles. The van der Waals surface area contributed by atoms with Gasteiger partial charge in [-0.3, -0.25) is 4.79 Å². The molecule has 1 saturated heterocycles. The Kier molecular flexibility index (Phi) is 6.98. The molecular formula is C22H25N3O4S. The summed E-state index contributed by atoms with van der Waals surface area (Å²) in [5.74, 6) is 2.94. The second-order valence-electron chi connectivity index (χ2n) is 6.88. The second-order valence-corrected chi connectivity index (χ2v) is 8.65. The van der Waals surface area contributed by atoms with Gasteiger partial charge in [0, 0.05) is 37.4 Å². The first-order chi connectivity index (χ1) is 14.4. The zero-order valence-electron chi connectivity index (χ0n) is 16.9. The van der Waals surface area contributed by atoms with E-state index < -0.39 is 10.0 Å². The molecule has 1 heterocycles. The molecule has 0 unspecified atom stereocenters. The summed E-state index contributed by atoms with van der Waals surface area (Å²) in [6, 6.07) is 13.8. The molecule has 1 N–H and O–H groups in total. The molecule has 1 aliphatic heterocycles. The van der Waals surface area contributed by atoms with E-state index in [2.05, 4.69) is 15.5 Å². The number of benzene rings is 2. The van der Waals surface area contributed by atoms with Crippen molar-refractivity contribution in [2.45, 2.75) is 11.3 Å². The van der Waals surface area contributed by atoms with Gasteiger partial charge in [-0.05, 0) is 55.0 Å². The molecule has 1 aliphatic rings. The number of rotatable bonds is 6. The molecule has 7 nitrogen and oxygen atoms in total. The van der Waals surface area contributed by atoms with Crippen molar-refractivity contribution in [2.24, 2.45) is 0 Å². The number of sulfonamides is 1. The number of nitrogens with one attached hydrogen (secondary N) is 1. The first kappa shape index (κ1) is 21.7. The lowest BCUT2D eigenvalue weighted by atomic mass is 10.2. The SMILES string of the molecule is C#CCNS(=O)(=O)c1ccc(C(=O)N2CCCN(c3ccc(OC)cc3)CC2)cc1. The summed E-state index contributed by atoms with van der Waals surface area (Å²) in [5, 5.41) is 0. The molecule has 1 fully saturated rings. The van der Waals surface area contributed by atoms with Crippen LogP contribution in [0.5, 0.6) is 5.75 Å². The molecule has 158 valence electrons. The maximum atomic E-state index is 12.9. The van der Waals surface area contributed by atoms with E-state index in [4.69, 9.17) is 11.2 Å². The number of carbonyl (C=O) groups excluding carboxylic acids is 1. The maximum Gasteiger partial charge on any atom is 0.253 e. The fourth-order valence-corrected chi connectivity index (χ4v) is 4.29. The average molecular weight is 428 g/mol. The molecule has 0 aliphatic carbocycles. The third-order valence-corrected chi connectivity index (χ3v) is 6.41. The van der Waals surface area contributed by atoms with Crippen molar-refractivity contribution in [3.05, 3.63) is 54.1 Å². The summed E-state index contributed by atoms with van der Waals surface area (Å²) in [6.07, 6.45) is 5.94. The second kappa shape index (κ2) is 9.65. The Hall–Kier alpha value is -3.02. The topological polar surface area (TPSA) is 79.0 Å². The third kappa shape index (κ3) is 5.12. The van der Waals surface area contributed by atoms with Crippen LogP contribution in [0.4, 0.5) is 5.69 Å². The highest BCUT2D eigenvalue weighted by Crippen LogP contribution is 2.21. The summed E-state index contributed by atoms with van der Waals surface area (Å²) in [4.78, 5) is 17.0. The number of ether oxygens (including phenoxy) is 1. The van der Waals surface area contributed by atoms with Gasteiger partial charge in [0.15, 0.2) is 0 Å². The van der Waals surface area contributed by atoms with Crippen molar-refractivity contribution in [1.82, 2.24) is 9.62 Å². The molecule has 0 aromatic heterocycles. The molecule has 0 radical (unpaired) electrons. The molecule has 2 aromatic carbocycles. The minimum atomic E-state index is -3.67. The lowest BCUT2D eigenvalue weighted by Crippen LogP contribution is -2.35. The number of hydrogen-bond acceptors (Lipinski definition) is 5. The quantitative estimate of drug-likeness (QED) is 0.713. The van der Waals surface area contributed by atoms with Gasteiger partial charge >= 0.3 is 0 Å². The maximum absolute atomic E-state index is 12.9. The van der Waals surface area contributed by atoms with E-state index in [1.807, 2.05) is 29.2 Å². The van der Waals surface area contributed by atoms with E-state index in [1.165, 1.54) is 12.1 Å². The Morgan fingerprint density at radius 3 is 2.40 bits per heavy atom. The van der Waals surface area contributed by atoms with Crippen LogP contribution < -0.4 is 14.4 Å². The zero-order valence-corrected chi connectivity index (χ0v) is 17.7. The van der Waals surface area contributed by atoms with Gasteiger partial charge in [-0.25, -0.2) is 8.42 Å². The first-order valence-electron chi connectivity index (χ1n) is 9.66. The highest BCUT2D eigenvalue weighted by molar-refractivity contribution is 7.89. The van der Waals surface area contributed by atoms with Crippen molar-refractivity contribution < 1.29 is 17.9 Å². The van der Waals surface area contributed by atoms with Crippen molar-refractivity contribution in [3.63, 3.8) is 0 Å². The van der Waals surface area contributed by atoms with Crippen LogP contribution in [-0.2, 0) is 10.0 Å². The average Bonchev–Trinajstić information content (AvgIpc) is 3.04. The predicted octanol–water partition coefficient (Wildman–Crippen LogP) is 1.96. The van der Waals surface area contributed by atoms with Crippen molar-refractivity contribution in [1.29, 1.82) is 0 Å². The molecule has 2 aromatic rings. The number of hydrogen-bond donors (Lipinski definition) is 1. The van der Waals surface area contributed by atoms with Crippen molar-refractivity contribution in [2.75, 3.05) is 44.7 Å². The Morgan fingerprint density at radius 2 is 1.77 bits per heavy atom. The minimum absolute atomic E-state index is 0.0795. The number of nitrogens with zero attached hydrogens (tertiary/aromatic N) is 2. The lowest BCUT2D eigenvalue weighted by Gasteiger charge is -2.24. The van der Waals surface area contributed by atoms with Crippen molar-refractivity contribution in [3.8, 4) is 18.1 Å². The Labute approximate surface area is 177 Å². The fourth-order valence-electron chi connectivity index (χ4n) is 3.35. The van der Waals surface area contributed by atoms with Gasteiger partial charge in [-0.1, -0.05) is 5.92 Å². The summed E-state index contributed by atoms with van der Waals surface area (Å²) in [5.41, 5.74) is 1.56. The van der Waals surface area contributed by atoms with Crippen LogP contribution in [-0.4, -0.2) is 59.1 Å². The Bertz CT molecular complexity index is 1010.